The Morgan fingerprint density at radius 1 is 1.00 bits per heavy atom. The van der Waals surface area contributed by atoms with Crippen LogP contribution in [0.1, 0.15) is 21.5 Å². The lowest BCUT2D eigenvalue weighted by atomic mass is 10.1. The number of hydrogen-bond donors (Lipinski definition) is 1. The molecule has 0 spiro atoms. The molecule has 0 heterocycles. The van der Waals surface area contributed by atoms with Crippen molar-refractivity contribution in [2.45, 2.75) is 17.6 Å². The van der Waals surface area contributed by atoms with Crippen molar-refractivity contribution in [1.82, 2.24) is 0 Å². The minimum Gasteiger partial charge on any atom is -0.321 e. The first kappa shape index (κ1) is 18.7. The van der Waals surface area contributed by atoms with Crippen LogP contribution in [-0.2, 0) is 5.75 Å². The van der Waals surface area contributed by atoms with Gasteiger partial charge in [-0.1, -0.05) is 48.5 Å². The summed E-state index contributed by atoms with van der Waals surface area (Å²) in [5, 5.41) is 13.9. The number of nitro groups is 1. The van der Waals surface area contributed by atoms with Gasteiger partial charge in [-0.15, -0.1) is 11.8 Å². The standard InChI is InChI=1S/C21H18N2O3S/c1-15-18(11-7-12-19(15)23(25)26)22-21(24)17-10-5-6-13-20(17)27-14-16-8-3-2-4-9-16/h2-13H,14H2,1H3,(H,22,24). The van der Waals surface area contributed by atoms with Gasteiger partial charge in [0.05, 0.1) is 21.7 Å². The highest BCUT2D eigenvalue weighted by atomic mass is 32.2. The summed E-state index contributed by atoms with van der Waals surface area (Å²) in [5.74, 6) is 0.468. The Balaban J connectivity index is 1.80. The highest BCUT2D eigenvalue weighted by Crippen LogP contribution is 2.29. The number of anilines is 1. The number of benzene rings is 3. The first-order valence-corrected chi connectivity index (χ1v) is 9.36. The normalized spacial score (nSPS) is 10.4. The van der Waals surface area contributed by atoms with Crippen LogP contribution in [0.15, 0.2) is 77.7 Å². The number of nitro benzene ring substituents is 1. The molecule has 0 bridgehead atoms. The molecule has 3 aromatic rings. The maximum absolute atomic E-state index is 12.8. The molecular weight excluding hydrogens is 360 g/mol. The molecule has 0 aliphatic carbocycles. The molecule has 1 amide bonds. The van der Waals surface area contributed by atoms with E-state index in [1.807, 2.05) is 48.5 Å². The van der Waals surface area contributed by atoms with Gasteiger partial charge in [0.1, 0.15) is 0 Å². The van der Waals surface area contributed by atoms with E-state index in [1.165, 1.54) is 11.6 Å². The van der Waals surface area contributed by atoms with Crippen LogP contribution in [-0.4, -0.2) is 10.8 Å². The number of carbonyl (C=O) groups is 1. The minimum atomic E-state index is -0.450. The zero-order valence-corrected chi connectivity index (χ0v) is 15.5. The molecule has 0 saturated heterocycles. The van der Waals surface area contributed by atoms with Crippen molar-refractivity contribution >= 4 is 29.0 Å². The van der Waals surface area contributed by atoms with E-state index in [-0.39, 0.29) is 11.6 Å². The average Bonchev–Trinajstić information content (AvgIpc) is 2.68. The second kappa shape index (κ2) is 8.51. The van der Waals surface area contributed by atoms with Gasteiger partial charge in [-0.2, -0.15) is 0 Å². The van der Waals surface area contributed by atoms with Crippen LogP contribution in [0.5, 0.6) is 0 Å². The van der Waals surface area contributed by atoms with Crippen LogP contribution in [0.4, 0.5) is 11.4 Å². The summed E-state index contributed by atoms with van der Waals surface area (Å²) in [5.41, 5.74) is 2.58. The van der Waals surface area contributed by atoms with Crippen molar-refractivity contribution in [1.29, 1.82) is 0 Å². The fourth-order valence-electron chi connectivity index (χ4n) is 2.66. The van der Waals surface area contributed by atoms with Crippen LogP contribution >= 0.6 is 11.8 Å². The summed E-state index contributed by atoms with van der Waals surface area (Å²) in [6.45, 7) is 1.63. The number of rotatable bonds is 6. The Bertz CT molecular complexity index is 974. The van der Waals surface area contributed by atoms with E-state index < -0.39 is 4.92 Å². The number of amides is 1. The monoisotopic (exact) mass is 378 g/mol. The number of carbonyl (C=O) groups excluding carboxylic acids is 1. The van der Waals surface area contributed by atoms with Crippen LogP contribution < -0.4 is 5.32 Å². The maximum atomic E-state index is 12.8. The molecule has 0 aliphatic heterocycles. The molecule has 3 aromatic carbocycles. The molecule has 0 radical (unpaired) electrons. The van der Waals surface area contributed by atoms with Gasteiger partial charge in [-0.25, -0.2) is 0 Å². The average molecular weight is 378 g/mol. The molecule has 27 heavy (non-hydrogen) atoms. The summed E-state index contributed by atoms with van der Waals surface area (Å²) in [6, 6.07) is 22.1. The molecule has 0 unspecified atom stereocenters. The zero-order valence-electron chi connectivity index (χ0n) is 14.7. The Morgan fingerprint density at radius 2 is 1.70 bits per heavy atom. The Morgan fingerprint density at radius 3 is 2.44 bits per heavy atom. The molecule has 136 valence electrons. The van der Waals surface area contributed by atoms with Gasteiger partial charge in [0.15, 0.2) is 0 Å². The summed E-state index contributed by atoms with van der Waals surface area (Å²) in [4.78, 5) is 24.3. The molecule has 6 heteroatoms. The lowest BCUT2D eigenvalue weighted by molar-refractivity contribution is -0.385. The van der Waals surface area contributed by atoms with Gasteiger partial charge >= 0.3 is 0 Å². The first-order valence-electron chi connectivity index (χ1n) is 8.37. The number of nitrogens with one attached hydrogen (secondary N) is 1. The number of thioether (sulfide) groups is 1. The second-order valence-electron chi connectivity index (χ2n) is 5.93. The summed E-state index contributed by atoms with van der Waals surface area (Å²) in [7, 11) is 0. The van der Waals surface area contributed by atoms with Crippen molar-refractivity contribution in [3.8, 4) is 0 Å². The maximum Gasteiger partial charge on any atom is 0.274 e. The minimum absolute atomic E-state index is 0.0143. The summed E-state index contributed by atoms with van der Waals surface area (Å²) < 4.78 is 0. The van der Waals surface area contributed by atoms with Crippen molar-refractivity contribution < 1.29 is 9.72 Å². The van der Waals surface area contributed by atoms with Gasteiger partial charge in [-0.3, -0.25) is 14.9 Å². The highest BCUT2D eigenvalue weighted by Gasteiger charge is 2.17. The van der Waals surface area contributed by atoms with Gasteiger partial charge < -0.3 is 5.32 Å². The third kappa shape index (κ3) is 4.54. The van der Waals surface area contributed by atoms with E-state index in [4.69, 9.17) is 0 Å². The molecule has 5 nitrogen and oxygen atoms in total. The Hall–Kier alpha value is -3.12. The third-order valence-corrected chi connectivity index (χ3v) is 5.26. The molecule has 1 N–H and O–H groups in total. The quantitative estimate of drug-likeness (QED) is 0.352. The lowest BCUT2D eigenvalue weighted by Crippen LogP contribution is -2.14. The van der Waals surface area contributed by atoms with E-state index in [2.05, 4.69) is 5.32 Å². The number of hydrogen-bond acceptors (Lipinski definition) is 4. The van der Waals surface area contributed by atoms with Gasteiger partial charge in [-0.05, 0) is 30.7 Å². The zero-order chi connectivity index (χ0) is 19.2. The smallest absolute Gasteiger partial charge is 0.274 e. The van der Waals surface area contributed by atoms with Crippen molar-refractivity contribution in [3.05, 3.63) is 99.6 Å². The second-order valence-corrected chi connectivity index (χ2v) is 6.95. The Kier molecular flexibility index (Phi) is 5.88. The van der Waals surface area contributed by atoms with Crippen LogP contribution in [0, 0.1) is 17.0 Å². The van der Waals surface area contributed by atoms with E-state index in [0.717, 1.165) is 10.6 Å². The molecular formula is C21H18N2O3S. The molecule has 0 saturated carbocycles. The number of nitrogens with zero attached hydrogens (tertiary/aromatic N) is 1. The fourth-order valence-corrected chi connectivity index (χ4v) is 3.67. The molecule has 0 fully saturated rings. The van der Waals surface area contributed by atoms with Gasteiger partial charge in [0.25, 0.3) is 11.6 Å². The summed E-state index contributed by atoms with van der Waals surface area (Å²) >= 11 is 1.58. The first-order chi connectivity index (χ1) is 13.1. The summed E-state index contributed by atoms with van der Waals surface area (Å²) in [6.07, 6.45) is 0. The lowest BCUT2D eigenvalue weighted by Gasteiger charge is -2.12. The van der Waals surface area contributed by atoms with Crippen molar-refractivity contribution in [2.24, 2.45) is 0 Å². The van der Waals surface area contributed by atoms with Crippen LogP contribution in [0.2, 0.25) is 0 Å². The largest absolute Gasteiger partial charge is 0.321 e. The van der Waals surface area contributed by atoms with Crippen LogP contribution in [0.3, 0.4) is 0 Å². The highest BCUT2D eigenvalue weighted by molar-refractivity contribution is 7.98. The van der Waals surface area contributed by atoms with Crippen molar-refractivity contribution in [3.63, 3.8) is 0 Å². The predicted octanol–water partition coefficient (Wildman–Crippen LogP) is 5.45. The van der Waals surface area contributed by atoms with E-state index in [1.54, 1.807) is 36.9 Å². The van der Waals surface area contributed by atoms with E-state index in [0.29, 0.717) is 16.8 Å². The molecule has 3 rings (SSSR count). The van der Waals surface area contributed by atoms with E-state index >= 15 is 0 Å². The predicted molar refractivity (Wildman–Crippen MR) is 108 cm³/mol. The fraction of sp³-hybridized carbons (Fsp3) is 0.0952. The SMILES string of the molecule is Cc1c(NC(=O)c2ccccc2SCc2ccccc2)cccc1[N+](=O)[O-]. The van der Waals surface area contributed by atoms with E-state index in [9.17, 15) is 14.9 Å². The topological polar surface area (TPSA) is 72.2 Å². The molecule has 0 atom stereocenters. The van der Waals surface area contributed by atoms with Crippen molar-refractivity contribution in [2.75, 3.05) is 5.32 Å². The third-order valence-electron chi connectivity index (χ3n) is 4.12. The van der Waals surface area contributed by atoms with Crippen LogP contribution in [0.25, 0.3) is 0 Å². The van der Waals surface area contributed by atoms with Gasteiger partial charge in [0.2, 0.25) is 0 Å². The Labute approximate surface area is 161 Å². The molecule has 0 aromatic heterocycles. The van der Waals surface area contributed by atoms with Gasteiger partial charge in [0, 0.05) is 16.7 Å². The molecule has 0 aliphatic rings.